The third-order valence-corrected chi connectivity index (χ3v) is 3.99. The Balaban J connectivity index is 2.93. The Hall–Kier alpha value is -1.24. The number of hydrogen-bond donors (Lipinski definition) is 2. The molecular formula is C19H31BClNO4. The molecule has 0 bridgehead atoms. The van der Waals surface area contributed by atoms with Crippen molar-refractivity contribution in [1.29, 1.82) is 0 Å². The van der Waals surface area contributed by atoms with E-state index in [1.165, 1.54) is 5.56 Å². The van der Waals surface area contributed by atoms with Gasteiger partial charge in [-0.05, 0) is 64.1 Å². The summed E-state index contributed by atoms with van der Waals surface area (Å²) >= 11 is 5.79. The molecular weight excluding hydrogens is 352 g/mol. The lowest BCUT2D eigenvalue weighted by Gasteiger charge is -2.24. The Morgan fingerprint density at radius 2 is 2.08 bits per heavy atom. The van der Waals surface area contributed by atoms with Crippen molar-refractivity contribution in [2.45, 2.75) is 64.9 Å². The number of benzene rings is 1. The van der Waals surface area contributed by atoms with Crippen LogP contribution < -0.4 is 9.96 Å². The summed E-state index contributed by atoms with van der Waals surface area (Å²) in [5, 5.41) is 12.8. The summed E-state index contributed by atoms with van der Waals surface area (Å²) in [7, 11) is 0.898. The Morgan fingerprint density at radius 3 is 2.62 bits per heavy atom. The van der Waals surface area contributed by atoms with Crippen LogP contribution in [0.4, 0.5) is 0 Å². The first-order chi connectivity index (χ1) is 12.1. The van der Waals surface area contributed by atoms with E-state index < -0.39 is 12.7 Å². The van der Waals surface area contributed by atoms with Crippen LogP contribution in [0.25, 0.3) is 0 Å². The number of hydrogen-bond acceptors (Lipinski definition) is 5. The number of alkyl halides is 1. The van der Waals surface area contributed by atoms with E-state index in [1.807, 2.05) is 32.9 Å². The maximum atomic E-state index is 12.2. The minimum atomic E-state index is -0.729. The van der Waals surface area contributed by atoms with Gasteiger partial charge >= 0.3 is 13.0 Å². The van der Waals surface area contributed by atoms with Gasteiger partial charge in [-0.1, -0.05) is 12.1 Å². The lowest BCUT2D eigenvalue weighted by molar-refractivity contribution is -0.155. The van der Waals surface area contributed by atoms with E-state index in [-0.39, 0.29) is 18.4 Å². The number of aryl methyl sites for hydroxylation is 1. The normalized spacial score (nSPS) is 12.6. The molecule has 0 aromatic heterocycles. The van der Waals surface area contributed by atoms with Gasteiger partial charge in [0.25, 0.3) is 0 Å². The molecule has 0 aliphatic carbocycles. The second-order valence-electron chi connectivity index (χ2n) is 7.47. The Morgan fingerprint density at radius 1 is 1.38 bits per heavy atom. The number of esters is 1. The molecule has 0 unspecified atom stereocenters. The van der Waals surface area contributed by atoms with Gasteiger partial charge in [0.15, 0.2) is 0 Å². The molecule has 0 heterocycles. The molecule has 1 aromatic rings. The number of rotatable bonds is 10. The van der Waals surface area contributed by atoms with E-state index in [0.717, 1.165) is 24.2 Å². The standard InChI is InChI=1S/C19H31BClNO4/c1-19(2,3)26-18(23)13-16(22-20(4)24)12-15-11-14(7-6-10-21)8-9-17(15)25-5/h8-9,11,16,22,24H,6-7,10,12-13H2,1-5H3/t16-/m0/s1. The summed E-state index contributed by atoms with van der Waals surface area (Å²) in [6.07, 6.45) is 2.50. The highest BCUT2D eigenvalue weighted by atomic mass is 35.5. The quantitative estimate of drug-likeness (QED) is 0.369. The van der Waals surface area contributed by atoms with Gasteiger partial charge in [0.05, 0.1) is 13.5 Å². The first kappa shape index (κ1) is 22.8. The highest BCUT2D eigenvalue weighted by molar-refractivity contribution is 6.45. The van der Waals surface area contributed by atoms with Crippen LogP contribution in [-0.2, 0) is 22.4 Å². The lowest BCUT2D eigenvalue weighted by Crippen LogP contribution is -2.43. The summed E-state index contributed by atoms with van der Waals surface area (Å²) in [5.74, 6) is 1.08. The minimum Gasteiger partial charge on any atom is -0.496 e. The monoisotopic (exact) mass is 383 g/mol. The number of ether oxygens (including phenoxy) is 2. The molecule has 0 saturated carbocycles. The van der Waals surface area contributed by atoms with Crippen molar-refractivity contribution in [3.05, 3.63) is 29.3 Å². The molecule has 0 spiro atoms. The molecule has 2 N–H and O–H groups in total. The summed E-state index contributed by atoms with van der Waals surface area (Å²) in [5.41, 5.74) is 1.63. The number of carbonyl (C=O) groups is 1. The lowest BCUT2D eigenvalue weighted by atomic mass is 9.85. The van der Waals surface area contributed by atoms with Gasteiger partial charge < -0.3 is 19.7 Å². The van der Waals surface area contributed by atoms with Gasteiger partial charge in [-0.3, -0.25) is 4.79 Å². The fourth-order valence-electron chi connectivity index (χ4n) is 2.80. The molecule has 146 valence electrons. The van der Waals surface area contributed by atoms with E-state index in [0.29, 0.717) is 12.3 Å². The van der Waals surface area contributed by atoms with Crippen molar-refractivity contribution < 1.29 is 19.3 Å². The van der Waals surface area contributed by atoms with E-state index in [9.17, 15) is 9.82 Å². The number of carbonyl (C=O) groups excluding carboxylic acids is 1. The van der Waals surface area contributed by atoms with E-state index >= 15 is 0 Å². The molecule has 1 aromatic carbocycles. The van der Waals surface area contributed by atoms with Crippen molar-refractivity contribution in [1.82, 2.24) is 5.23 Å². The van der Waals surface area contributed by atoms with Crippen molar-refractivity contribution in [2.75, 3.05) is 13.0 Å². The maximum absolute atomic E-state index is 12.2. The molecule has 7 heteroatoms. The molecule has 1 rings (SSSR count). The van der Waals surface area contributed by atoms with Crippen LogP contribution in [0.5, 0.6) is 5.75 Å². The molecule has 0 aliphatic heterocycles. The third-order valence-electron chi connectivity index (χ3n) is 3.72. The van der Waals surface area contributed by atoms with Crippen LogP contribution in [0.3, 0.4) is 0 Å². The molecule has 5 nitrogen and oxygen atoms in total. The number of nitrogens with one attached hydrogen (secondary N) is 1. The van der Waals surface area contributed by atoms with Gasteiger partial charge in [0, 0.05) is 11.9 Å². The number of halogens is 1. The average molecular weight is 384 g/mol. The average Bonchev–Trinajstić information content (AvgIpc) is 2.50. The van der Waals surface area contributed by atoms with Gasteiger partial charge in [-0.25, -0.2) is 0 Å². The SMILES string of the molecule is COc1ccc(CCCCl)cc1C[C@@H](CC(=O)OC(C)(C)C)NB(C)O. The van der Waals surface area contributed by atoms with Gasteiger partial charge in [0.2, 0.25) is 0 Å². The van der Waals surface area contributed by atoms with E-state index in [4.69, 9.17) is 21.1 Å². The largest absolute Gasteiger partial charge is 0.496 e. The van der Waals surface area contributed by atoms with E-state index in [2.05, 4.69) is 11.3 Å². The first-order valence-corrected chi connectivity index (χ1v) is 9.55. The highest BCUT2D eigenvalue weighted by Crippen LogP contribution is 2.23. The summed E-state index contributed by atoms with van der Waals surface area (Å²) in [6, 6.07) is 5.78. The van der Waals surface area contributed by atoms with Crippen LogP contribution in [-0.4, -0.2) is 42.7 Å². The summed E-state index contributed by atoms with van der Waals surface area (Å²) < 4.78 is 10.9. The fraction of sp³-hybridized carbons (Fsp3) is 0.632. The molecule has 1 atom stereocenters. The zero-order valence-corrected chi connectivity index (χ0v) is 17.2. The molecule has 26 heavy (non-hydrogen) atoms. The fourth-order valence-corrected chi connectivity index (χ4v) is 2.93. The predicted molar refractivity (Wildman–Crippen MR) is 107 cm³/mol. The highest BCUT2D eigenvalue weighted by Gasteiger charge is 2.23. The molecule has 0 fully saturated rings. The zero-order chi connectivity index (χ0) is 19.7. The Kier molecular flexibility index (Phi) is 9.48. The molecule has 0 saturated heterocycles. The predicted octanol–water partition coefficient (Wildman–Crippen LogP) is 3.21. The second-order valence-corrected chi connectivity index (χ2v) is 7.85. The van der Waals surface area contributed by atoms with Crippen LogP contribution in [0, 0.1) is 0 Å². The maximum Gasteiger partial charge on any atom is 0.373 e. The molecule has 0 aliphatic rings. The van der Waals surface area contributed by atoms with E-state index in [1.54, 1.807) is 13.9 Å². The Labute approximate surface area is 162 Å². The number of methoxy groups -OCH3 is 1. The van der Waals surface area contributed by atoms with Crippen molar-refractivity contribution in [3.63, 3.8) is 0 Å². The Bertz CT molecular complexity index is 575. The summed E-state index contributed by atoms with van der Waals surface area (Å²) in [4.78, 5) is 12.2. The van der Waals surface area contributed by atoms with Crippen LogP contribution in [0.15, 0.2) is 18.2 Å². The molecule has 0 amide bonds. The van der Waals surface area contributed by atoms with Gasteiger partial charge in [-0.2, -0.15) is 0 Å². The van der Waals surface area contributed by atoms with Crippen molar-refractivity contribution in [2.24, 2.45) is 0 Å². The van der Waals surface area contributed by atoms with Gasteiger partial charge in [0.1, 0.15) is 11.4 Å². The smallest absolute Gasteiger partial charge is 0.373 e. The van der Waals surface area contributed by atoms with Crippen molar-refractivity contribution >= 4 is 24.6 Å². The van der Waals surface area contributed by atoms with Crippen LogP contribution in [0.1, 0.15) is 44.7 Å². The summed E-state index contributed by atoms with van der Waals surface area (Å²) in [6.45, 7) is 7.15. The third kappa shape index (κ3) is 8.92. The van der Waals surface area contributed by atoms with Crippen LogP contribution >= 0.6 is 11.6 Å². The minimum absolute atomic E-state index is 0.164. The first-order valence-electron chi connectivity index (χ1n) is 9.02. The topological polar surface area (TPSA) is 67.8 Å². The van der Waals surface area contributed by atoms with Gasteiger partial charge in [-0.15, -0.1) is 11.6 Å². The molecule has 0 radical (unpaired) electrons. The second kappa shape index (κ2) is 10.8. The zero-order valence-electron chi connectivity index (χ0n) is 16.5. The van der Waals surface area contributed by atoms with Crippen LogP contribution in [0.2, 0.25) is 6.82 Å². The van der Waals surface area contributed by atoms with Crippen molar-refractivity contribution in [3.8, 4) is 5.75 Å².